The van der Waals surface area contributed by atoms with Crippen LogP contribution in [0, 0.1) is 0 Å². The van der Waals surface area contributed by atoms with Gasteiger partial charge in [0.05, 0.1) is 29.5 Å². The zero-order valence-corrected chi connectivity index (χ0v) is 13.0. The van der Waals surface area contributed by atoms with E-state index in [4.69, 9.17) is 0 Å². The smallest absolute Gasteiger partial charge is 0.261 e. The number of nitrogens with zero attached hydrogens (tertiary/aromatic N) is 3. The molecule has 2 heterocycles. The first-order valence-corrected chi connectivity index (χ1v) is 7.25. The molecule has 21 heavy (non-hydrogen) atoms. The Balaban J connectivity index is 2.04. The summed E-state index contributed by atoms with van der Waals surface area (Å²) in [5, 5.41) is 3.58. The van der Waals surface area contributed by atoms with Crippen LogP contribution in [0.3, 0.4) is 0 Å². The first kappa shape index (κ1) is 13.8. The molecule has 5 nitrogen and oxygen atoms in total. The van der Waals surface area contributed by atoms with Crippen molar-refractivity contribution in [1.82, 2.24) is 14.5 Å². The number of benzene rings is 1. The summed E-state index contributed by atoms with van der Waals surface area (Å²) in [4.78, 5) is 21.2. The highest BCUT2D eigenvalue weighted by Gasteiger charge is 2.06. The van der Waals surface area contributed by atoms with Crippen molar-refractivity contribution in [2.24, 2.45) is 0 Å². The van der Waals surface area contributed by atoms with Gasteiger partial charge in [-0.1, -0.05) is 22.0 Å². The summed E-state index contributed by atoms with van der Waals surface area (Å²) in [6.07, 6.45) is 1.56. The third-order valence-corrected chi connectivity index (χ3v) is 3.67. The van der Waals surface area contributed by atoms with Gasteiger partial charge < -0.3 is 5.32 Å². The summed E-state index contributed by atoms with van der Waals surface area (Å²) in [5.74, 6) is 0.775. The first-order chi connectivity index (χ1) is 10.2. The van der Waals surface area contributed by atoms with Gasteiger partial charge in [0, 0.05) is 11.5 Å². The number of pyridine rings is 1. The van der Waals surface area contributed by atoms with Gasteiger partial charge in [-0.3, -0.25) is 9.36 Å². The molecule has 0 amide bonds. The second-order valence-corrected chi connectivity index (χ2v) is 5.52. The Morgan fingerprint density at radius 1 is 1.29 bits per heavy atom. The molecule has 0 atom stereocenters. The van der Waals surface area contributed by atoms with Crippen LogP contribution in [0.4, 0.5) is 5.82 Å². The quantitative estimate of drug-likeness (QED) is 0.793. The van der Waals surface area contributed by atoms with Crippen molar-refractivity contribution >= 4 is 32.7 Å². The van der Waals surface area contributed by atoms with Gasteiger partial charge in [0.1, 0.15) is 5.82 Å². The van der Waals surface area contributed by atoms with Crippen molar-refractivity contribution < 1.29 is 0 Å². The number of halogens is 1. The summed E-state index contributed by atoms with van der Waals surface area (Å²) in [7, 11) is 1.81. The van der Waals surface area contributed by atoms with Crippen molar-refractivity contribution in [1.29, 1.82) is 0 Å². The lowest BCUT2D eigenvalue weighted by Gasteiger charge is -2.07. The van der Waals surface area contributed by atoms with E-state index in [1.807, 2.05) is 37.4 Å². The Kier molecular flexibility index (Phi) is 3.70. The van der Waals surface area contributed by atoms with Crippen molar-refractivity contribution in [2.45, 2.75) is 6.54 Å². The molecule has 2 aromatic heterocycles. The average Bonchev–Trinajstić information content (AvgIpc) is 2.51. The fourth-order valence-corrected chi connectivity index (χ4v) is 2.49. The van der Waals surface area contributed by atoms with E-state index < -0.39 is 0 Å². The van der Waals surface area contributed by atoms with Crippen LogP contribution in [0.15, 0.2) is 52.0 Å². The van der Waals surface area contributed by atoms with Gasteiger partial charge in [0.25, 0.3) is 5.56 Å². The minimum absolute atomic E-state index is 0.0713. The summed E-state index contributed by atoms with van der Waals surface area (Å²) < 4.78 is 2.43. The Bertz CT molecular complexity index is 860. The fourth-order valence-electron chi connectivity index (χ4n) is 2.13. The first-order valence-electron chi connectivity index (χ1n) is 6.46. The molecule has 3 rings (SSSR count). The predicted molar refractivity (Wildman–Crippen MR) is 86.6 cm³/mol. The molecule has 0 aliphatic carbocycles. The van der Waals surface area contributed by atoms with Crippen LogP contribution in [-0.2, 0) is 6.54 Å². The van der Waals surface area contributed by atoms with E-state index in [1.165, 1.54) is 0 Å². The number of rotatable bonds is 3. The molecular formula is C15H13BrN4O. The molecule has 1 N–H and O–H groups in total. The second-order valence-electron chi connectivity index (χ2n) is 4.60. The predicted octanol–water partition coefficient (Wildman–Crippen LogP) is 2.64. The van der Waals surface area contributed by atoms with Gasteiger partial charge in [-0.25, -0.2) is 9.97 Å². The maximum absolute atomic E-state index is 12.5. The number of hydrogen-bond acceptors (Lipinski definition) is 4. The minimum Gasteiger partial charge on any atom is -0.373 e. The molecule has 0 fully saturated rings. The molecule has 1 aromatic carbocycles. The molecule has 0 aliphatic rings. The molecule has 106 valence electrons. The molecule has 6 heteroatoms. The third kappa shape index (κ3) is 2.80. The number of nitrogens with one attached hydrogen (secondary N) is 1. The summed E-state index contributed by atoms with van der Waals surface area (Å²) >= 11 is 3.38. The number of hydrogen-bond donors (Lipinski definition) is 1. The third-order valence-electron chi connectivity index (χ3n) is 3.18. The zero-order valence-electron chi connectivity index (χ0n) is 11.4. The fraction of sp³-hybridized carbons (Fsp3) is 0.133. The average molecular weight is 345 g/mol. The highest BCUT2D eigenvalue weighted by Crippen LogP contribution is 2.15. The van der Waals surface area contributed by atoms with Gasteiger partial charge in [-0.15, -0.1) is 0 Å². The van der Waals surface area contributed by atoms with Crippen LogP contribution in [0.2, 0.25) is 0 Å². The van der Waals surface area contributed by atoms with Gasteiger partial charge >= 0.3 is 0 Å². The van der Waals surface area contributed by atoms with Gasteiger partial charge in [0.15, 0.2) is 0 Å². The molecule has 0 spiro atoms. The lowest BCUT2D eigenvalue weighted by molar-refractivity contribution is 0.730. The monoisotopic (exact) mass is 344 g/mol. The van der Waals surface area contributed by atoms with Crippen molar-refractivity contribution in [2.75, 3.05) is 12.4 Å². The standard InChI is InChI=1S/C15H13BrN4O/c1-17-14-4-2-3-11(19-14)8-20-9-18-13-6-5-10(16)7-12(13)15(20)21/h2-7,9H,8H2,1H3,(H,17,19). The van der Waals surface area contributed by atoms with Crippen LogP contribution < -0.4 is 10.9 Å². The molecule has 0 unspecified atom stereocenters. The number of anilines is 1. The largest absolute Gasteiger partial charge is 0.373 e. The highest BCUT2D eigenvalue weighted by atomic mass is 79.9. The van der Waals surface area contributed by atoms with Crippen LogP contribution in [0.1, 0.15) is 5.69 Å². The highest BCUT2D eigenvalue weighted by molar-refractivity contribution is 9.10. The van der Waals surface area contributed by atoms with E-state index in [1.54, 1.807) is 17.0 Å². The lowest BCUT2D eigenvalue weighted by Crippen LogP contribution is -2.21. The maximum atomic E-state index is 12.5. The number of aromatic nitrogens is 3. The molecule has 0 aliphatic heterocycles. The van der Waals surface area contributed by atoms with E-state index in [9.17, 15) is 4.79 Å². The van der Waals surface area contributed by atoms with E-state index in [0.29, 0.717) is 17.4 Å². The molecule has 0 saturated carbocycles. The van der Waals surface area contributed by atoms with Crippen LogP contribution in [0.5, 0.6) is 0 Å². The lowest BCUT2D eigenvalue weighted by atomic mass is 10.2. The number of fused-ring (bicyclic) bond motifs is 1. The van der Waals surface area contributed by atoms with Gasteiger partial charge in [-0.2, -0.15) is 0 Å². The molecule has 0 bridgehead atoms. The van der Waals surface area contributed by atoms with Gasteiger partial charge in [-0.05, 0) is 30.3 Å². The zero-order chi connectivity index (χ0) is 14.8. The van der Waals surface area contributed by atoms with Gasteiger partial charge in [0.2, 0.25) is 0 Å². The van der Waals surface area contributed by atoms with E-state index in [0.717, 1.165) is 16.0 Å². The minimum atomic E-state index is -0.0713. The summed E-state index contributed by atoms with van der Waals surface area (Å²) in [6.45, 7) is 0.393. The second kappa shape index (κ2) is 5.65. The Morgan fingerprint density at radius 3 is 2.95 bits per heavy atom. The van der Waals surface area contributed by atoms with Crippen molar-refractivity contribution in [3.05, 3.63) is 63.2 Å². The van der Waals surface area contributed by atoms with E-state index >= 15 is 0 Å². The Labute approximate surface area is 129 Å². The van der Waals surface area contributed by atoms with Crippen molar-refractivity contribution in [3.8, 4) is 0 Å². The van der Waals surface area contributed by atoms with E-state index in [-0.39, 0.29) is 5.56 Å². The van der Waals surface area contributed by atoms with Crippen LogP contribution in [-0.4, -0.2) is 21.6 Å². The van der Waals surface area contributed by atoms with Crippen LogP contribution in [0.25, 0.3) is 10.9 Å². The SMILES string of the molecule is CNc1cccc(Cn2cnc3ccc(Br)cc3c2=O)n1. The summed E-state index contributed by atoms with van der Waals surface area (Å²) in [5.41, 5.74) is 1.43. The molecular weight excluding hydrogens is 332 g/mol. The maximum Gasteiger partial charge on any atom is 0.261 e. The Morgan fingerprint density at radius 2 is 2.14 bits per heavy atom. The molecule has 0 radical (unpaired) electrons. The topological polar surface area (TPSA) is 59.8 Å². The molecule has 3 aromatic rings. The molecule has 0 saturated heterocycles. The van der Waals surface area contributed by atoms with E-state index in [2.05, 4.69) is 31.2 Å². The normalized spacial score (nSPS) is 10.8. The van der Waals surface area contributed by atoms with Crippen LogP contribution >= 0.6 is 15.9 Å². The van der Waals surface area contributed by atoms with Crippen molar-refractivity contribution in [3.63, 3.8) is 0 Å². The Hall–Kier alpha value is -2.21. The summed E-state index contributed by atoms with van der Waals surface area (Å²) in [6, 6.07) is 11.2.